The van der Waals surface area contributed by atoms with Gasteiger partial charge in [-0.1, -0.05) is 87.7 Å². The number of ether oxygens (including phenoxy) is 3. The van der Waals surface area contributed by atoms with Crippen LogP contribution >= 0.6 is 0 Å². The molecule has 3 aliphatic carbocycles. The number of nitrogens with one attached hydrogen (secondary N) is 1. The number of alkyl carbamates (subject to hydrolysis) is 1. The molecule has 0 aromatic heterocycles. The van der Waals surface area contributed by atoms with E-state index in [0.29, 0.717) is 5.75 Å². The lowest BCUT2D eigenvalue weighted by molar-refractivity contribution is -0.161. The van der Waals surface area contributed by atoms with E-state index in [2.05, 4.69) is 54.7 Å². The lowest BCUT2D eigenvalue weighted by Gasteiger charge is -2.49. The molecule has 0 unspecified atom stereocenters. The Kier molecular flexibility index (Phi) is 9.19. The number of carbonyl (C=O) groups is 3. The van der Waals surface area contributed by atoms with Gasteiger partial charge in [0.25, 0.3) is 0 Å². The number of benzene rings is 3. The van der Waals surface area contributed by atoms with Crippen molar-refractivity contribution in [3.8, 4) is 16.9 Å². The molecule has 0 aliphatic heterocycles. The van der Waals surface area contributed by atoms with E-state index < -0.39 is 29.6 Å². The summed E-state index contributed by atoms with van der Waals surface area (Å²) in [5.41, 5.74) is 6.12. The van der Waals surface area contributed by atoms with Crippen molar-refractivity contribution in [3.05, 3.63) is 89.0 Å². The number of hydrogen-bond acceptors (Lipinski definition) is 6. The van der Waals surface area contributed by atoms with Crippen molar-refractivity contribution in [1.29, 1.82) is 0 Å². The summed E-state index contributed by atoms with van der Waals surface area (Å²) in [6, 6.07) is 22.5. The van der Waals surface area contributed by atoms with Crippen molar-refractivity contribution in [2.75, 3.05) is 6.61 Å². The van der Waals surface area contributed by atoms with Crippen LogP contribution in [0, 0.1) is 11.8 Å². The molecule has 2 bridgehead atoms. The van der Waals surface area contributed by atoms with Crippen LogP contribution in [0.4, 0.5) is 4.79 Å². The predicted molar refractivity (Wildman–Crippen MR) is 181 cm³/mol. The van der Waals surface area contributed by atoms with Crippen molar-refractivity contribution in [2.45, 2.75) is 103 Å². The van der Waals surface area contributed by atoms with Crippen LogP contribution in [0.2, 0.25) is 0 Å². The third-order valence-corrected chi connectivity index (χ3v) is 10.2. The quantitative estimate of drug-likeness (QED) is 0.207. The van der Waals surface area contributed by atoms with E-state index in [1.165, 1.54) is 27.8 Å². The highest BCUT2D eigenvalue weighted by molar-refractivity contribution is 5.81. The Morgan fingerprint density at radius 1 is 0.936 bits per heavy atom. The zero-order valence-corrected chi connectivity index (χ0v) is 28.3. The van der Waals surface area contributed by atoms with Crippen LogP contribution in [-0.4, -0.2) is 36.3 Å². The third-order valence-electron chi connectivity index (χ3n) is 10.2. The van der Waals surface area contributed by atoms with E-state index in [0.717, 1.165) is 44.1 Å². The molecule has 1 amide bonds. The molecule has 1 N–H and O–H groups in total. The van der Waals surface area contributed by atoms with Gasteiger partial charge in [-0.15, -0.1) is 0 Å². The Hall–Kier alpha value is -4.13. The summed E-state index contributed by atoms with van der Waals surface area (Å²) in [6.07, 6.45) is 5.63. The van der Waals surface area contributed by atoms with Gasteiger partial charge in [0.1, 0.15) is 18.0 Å². The molecule has 0 spiro atoms. The van der Waals surface area contributed by atoms with E-state index >= 15 is 0 Å². The van der Waals surface area contributed by atoms with Crippen LogP contribution in [-0.2, 0) is 30.9 Å². The zero-order chi connectivity index (χ0) is 33.3. The molecule has 1 fully saturated rings. The Balaban J connectivity index is 1.17. The SMILES string of the molecule is C[C@H](CC(=O)Oc1ccc2c(c1)[C@@]1(C)CCCCC[C@@H](C2)[C@@H]1NC(=O)OCC1c2ccccc2-c2ccccc21)C(=O)OC(C)(C)C. The van der Waals surface area contributed by atoms with Gasteiger partial charge in [0.2, 0.25) is 0 Å². The first-order chi connectivity index (χ1) is 22.4. The number of carbonyl (C=O) groups excluding carboxylic acids is 3. The first kappa shape index (κ1) is 32.8. The minimum Gasteiger partial charge on any atom is -0.460 e. The highest BCUT2D eigenvalue weighted by Gasteiger charge is 2.47. The summed E-state index contributed by atoms with van der Waals surface area (Å²) in [6.45, 7) is 9.59. The first-order valence-corrected chi connectivity index (χ1v) is 17.1. The van der Waals surface area contributed by atoms with Crippen LogP contribution < -0.4 is 10.1 Å². The second-order valence-electron chi connectivity index (χ2n) is 14.9. The fourth-order valence-electron chi connectivity index (χ4n) is 8.00. The molecule has 3 aliphatic rings. The Morgan fingerprint density at radius 3 is 2.30 bits per heavy atom. The Labute approximate surface area is 278 Å². The molecule has 3 aromatic carbocycles. The molecular weight excluding hydrogens is 590 g/mol. The minimum atomic E-state index is -0.622. The highest BCUT2D eigenvalue weighted by Crippen LogP contribution is 2.48. The minimum absolute atomic E-state index is 0.00317. The maximum absolute atomic E-state index is 13.6. The van der Waals surface area contributed by atoms with Crippen LogP contribution in [0.15, 0.2) is 66.7 Å². The lowest BCUT2D eigenvalue weighted by Crippen LogP contribution is -2.57. The van der Waals surface area contributed by atoms with Gasteiger partial charge >= 0.3 is 18.0 Å². The van der Waals surface area contributed by atoms with E-state index in [1.54, 1.807) is 27.7 Å². The van der Waals surface area contributed by atoms with Gasteiger partial charge in [-0.05, 0) is 91.5 Å². The molecule has 0 heterocycles. The van der Waals surface area contributed by atoms with Crippen LogP contribution in [0.5, 0.6) is 5.75 Å². The van der Waals surface area contributed by atoms with Gasteiger partial charge < -0.3 is 19.5 Å². The molecule has 4 atom stereocenters. The number of amides is 1. The maximum atomic E-state index is 13.6. The average Bonchev–Trinajstić information content (AvgIpc) is 3.34. The number of rotatable bonds is 7. The summed E-state index contributed by atoms with van der Waals surface area (Å²) < 4.78 is 17.2. The van der Waals surface area contributed by atoms with Gasteiger partial charge in [-0.3, -0.25) is 9.59 Å². The van der Waals surface area contributed by atoms with Crippen molar-refractivity contribution < 1.29 is 28.6 Å². The second kappa shape index (κ2) is 13.2. The molecule has 6 rings (SSSR count). The Morgan fingerprint density at radius 2 is 1.62 bits per heavy atom. The van der Waals surface area contributed by atoms with E-state index in [-0.39, 0.29) is 36.3 Å². The molecular formula is C40H47NO6. The van der Waals surface area contributed by atoms with Crippen molar-refractivity contribution in [3.63, 3.8) is 0 Å². The smallest absolute Gasteiger partial charge is 0.407 e. The lowest BCUT2D eigenvalue weighted by atomic mass is 9.59. The summed E-state index contributed by atoms with van der Waals surface area (Å²) in [5, 5.41) is 3.34. The van der Waals surface area contributed by atoms with Crippen molar-refractivity contribution >= 4 is 18.0 Å². The second-order valence-corrected chi connectivity index (χ2v) is 14.9. The molecule has 3 aromatic rings. The summed E-state index contributed by atoms with van der Waals surface area (Å²) in [4.78, 5) is 38.9. The average molecular weight is 638 g/mol. The molecule has 0 saturated heterocycles. The van der Waals surface area contributed by atoms with E-state index in [4.69, 9.17) is 14.2 Å². The molecule has 0 radical (unpaired) electrons. The first-order valence-electron chi connectivity index (χ1n) is 17.1. The zero-order valence-electron chi connectivity index (χ0n) is 28.3. The number of hydrogen-bond donors (Lipinski definition) is 1. The fraction of sp³-hybridized carbons (Fsp3) is 0.475. The maximum Gasteiger partial charge on any atom is 0.407 e. The predicted octanol–water partition coefficient (Wildman–Crippen LogP) is 8.26. The van der Waals surface area contributed by atoms with Gasteiger partial charge in [0, 0.05) is 17.4 Å². The summed E-state index contributed by atoms with van der Waals surface area (Å²) >= 11 is 0. The fourth-order valence-corrected chi connectivity index (χ4v) is 8.00. The van der Waals surface area contributed by atoms with Crippen molar-refractivity contribution in [1.82, 2.24) is 5.32 Å². The van der Waals surface area contributed by atoms with Gasteiger partial charge in [0.05, 0.1) is 12.3 Å². The van der Waals surface area contributed by atoms with Crippen LogP contribution in [0.1, 0.15) is 101 Å². The summed E-state index contributed by atoms with van der Waals surface area (Å²) in [7, 11) is 0. The molecule has 1 saturated carbocycles. The van der Waals surface area contributed by atoms with Gasteiger partial charge in [-0.25, -0.2) is 4.79 Å². The van der Waals surface area contributed by atoms with Crippen LogP contribution in [0.25, 0.3) is 11.1 Å². The monoisotopic (exact) mass is 637 g/mol. The molecule has 7 heteroatoms. The van der Waals surface area contributed by atoms with Gasteiger partial charge in [0.15, 0.2) is 0 Å². The summed E-state index contributed by atoms with van der Waals surface area (Å²) in [5.74, 6) is -0.794. The normalized spacial score (nSPS) is 22.4. The molecule has 7 nitrogen and oxygen atoms in total. The number of esters is 2. The van der Waals surface area contributed by atoms with E-state index in [9.17, 15) is 14.4 Å². The molecule has 47 heavy (non-hydrogen) atoms. The largest absolute Gasteiger partial charge is 0.460 e. The molecule has 248 valence electrons. The van der Waals surface area contributed by atoms with E-state index in [1.807, 2.05) is 24.3 Å². The highest BCUT2D eigenvalue weighted by atomic mass is 16.6. The van der Waals surface area contributed by atoms with Crippen molar-refractivity contribution in [2.24, 2.45) is 11.8 Å². The van der Waals surface area contributed by atoms with Crippen LogP contribution in [0.3, 0.4) is 0 Å². The standard InChI is InChI=1S/C40H47NO6/c1-25(37(43)47-39(2,3)4)21-35(42)46-28-19-18-26-22-27-13-7-6-12-20-40(5,34(26)23-28)36(27)41-38(44)45-24-33-31-16-10-8-14-29(31)30-15-9-11-17-32(30)33/h8-11,14-19,23,25,27,33,36H,6-7,12-13,20-22,24H2,1-5H3,(H,41,44)/t25-,27+,36+,40-/m1/s1. The van der Waals surface area contributed by atoms with Gasteiger partial charge in [-0.2, -0.15) is 0 Å². The Bertz CT molecular complexity index is 1610. The number of fused-ring (bicyclic) bond motifs is 7. The topological polar surface area (TPSA) is 90.9 Å². The third kappa shape index (κ3) is 6.95.